The first-order chi connectivity index (χ1) is 8.54. The van der Waals surface area contributed by atoms with Gasteiger partial charge in [-0.2, -0.15) is 4.31 Å². The lowest BCUT2D eigenvalue weighted by atomic mass is 10.1. The minimum absolute atomic E-state index is 0.105. The van der Waals surface area contributed by atoms with Gasteiger partial charge in [0, 0.05) is 18.5 Å². The molecule has 0 unspecified atom stereocenters. The van der Waals surface area contributed by atoms with Crippen LogP contribution in [0.4, 0.5) is 0 Å². The molecule has 0 amide bonds. The summed E-state index contributed by atoms with van der Waals surface area (Å²) in [4.78, 5) is 0.683. The molecule has 1 aromatic heterocycles. The molecule has 0 spiro atoms. The summed E-state index contributed by atoms with van der Waals surface area (Å²) in [5, 5.41) is 8.99. The third-order valence-corrected chi connectivity index (χ3v) is 6.81. The van der Waals surface area contributed by atoms with Crippen molar-refractivity contribution in [3.05, 3.63) is 17.0 Å². The van der Waals surface area contributed by atoms with Crippen molar-refractivity contribution in [3.8, 4) is 0 Å². The highest BCUT2D eigenvalue weighted by molar-refractivity contribution is 7.91. The average Bonchev–Trinajstić information content (AvgIpc) is 2.99. The van der Waals surface area contributed by atoms with Crippen LogP contribution < -0.4 is 0 Å². The third-order valence-electron chi connectivity index (χ3n) is 3.45. The minimum Gasteiger partial charge on any atom is -0.391 e. The fraction of sp³-hybridized carbons (Fsp3) is 0.667. The van der Waals surface area contributed by atoms with Gasteiger partial charge in [0.05, 0.1) is 6.61 Å². The Bertz CT molecular complexity index is 489. The average molecular weight is 289 g/mol. The molecule has 1 aliphatic rings. The zero-order valence-corrected chi connectivity index (χ0v) is 12.1. The monoisotopic (exact) mass is 289 g/mol. The van der Waals surface area contributed by atoms with Gasteiger partial charge in [0.2, 0.25) is 0 Å². The molecule has 1 heterocycles. The molecule has 1 aromatic rings. The van der Waals surface area contributed by atoms with Gasteiger partial charge in [-0.1, -0.05) is 12.8 Å². The van der Waals surface area contributed by atoms with Gasteiger partial charge in [-0.25, -0.2) is 8.42 Å². The van der Waals surface area contributed by atoms with E-state index >= 15 is 0 Å². The van der Waals surface area contributed by atoms with Crippen LogP contribution in [-0.2, 0) is 16.6 Å². The number of hydrogen-bond acceptors (Lipinski definition) is 4. The Labute approximate surface area is 112 Å². The molecule has 0 atom stereocenters. The lowest BCUT2D eigenvalue weighted by Gasteiger charge is -2.19. The van der Waals surface area contributed by atoms with Gasteiger partial charge in [0.15, 0.2) is 0 Å². The van der Waals surface area contributed by atoms with Crippen LogP contribution in [0.2, 0.25) is 0 Å². The second-order valence-electron chi connectivity index (χ2n) is 4.81. The number of thiophene rings is 1. The normalized spacial score (nSPS) is 17.7. The van der Waals surface area contributed by atoms with Crippen molar-refractivity contribution >= 4 is 21.4 Å². The van der Waals surface area contributed by atoms with Crippen molar-refractivity contribution in [3.63, 3.8) is 0 Å². The zero-order valence-electron chi connectivity index (χ0n) is 10.5. The number of nitrogens with zero attached hydrogens (tertiary/aromatic N) is 1. The van der Waals surface area contributed by atoms with Gasteiger partial charge in [-0.15, -0.1) is 11.3 Å². The van der Waals surface area contributed by atoms with E-state index in [9.17, 15) is 8.42 Å². The molecule has 1 N–H and O–H groups in total. The summed E-state index contributed by atoms with van der Waals surface area (Å²) in [6.07, 6.45) is 4.69. The van der Waals surface area contributed by atoms with E-state index in [2.05, 4.69) is 0 Å². The second kappa shape index (κ2) is 5.69. The Morgan fingerprint density at radius 1 is 1.39 bits per heavy atom. The van der Waals surface area contributed by atoms with E-state index < -0.39 is 10.0 Å². The van der Waals surface area contributed by atoms with E-state index in [0.717, 1.165) is 24.2 Å². The number of rotatable bonds is 5. The summed E-state index contributed by atoms with van der Waals surface area (Å²) in [6, 6.07) is 3.25. The highest BCUT2D eigenvalue weighted by atomic mass is 32.2. The number of aliphatic hydroxyl groups excluding tert-OH is 1. The lowest BCUT2D eigenvalue weighted by molar-refractivity contribution is 0.285. The first-order valence-corrected chi connectivity index (χ1v) is 8.45. The molecular weight excluding hydrogens is 270 g/mol. The molecule has 102 valence electrons. The molecule has 2 rings (SSSR count). The smallest absolute Gasteiger partial charge is 0.252 e. The molecule has 0 aliphatic heterocycles. The van der Waals surface area contributed by atoms with Crippen molar-refractivity contribution in [1.82, 2.24) is 4.31 Å². The summed E-state index contributed by atoms with van der Waals surface area (Å²) in [5.41, 5.74) is 0. The summed E-state index contributed by atoms with van der Waals surface area (Å²) in [5.74, 6) is 0.502. The highest BCUT2D eigenvalue weighted by Crippen LogP contribution is 2.29. The summed E-state index contributed by atoms with van der Waals surface area (Å²) >= 11 is 1.15. The quantitative estimate of drug-likeness (QED) is 0.902. The van der Waals surface area contributed by atoms with Crippen molar-refractivity contribution in [2.45, 2.75) is 36.5 Å². The van der Waals surface area contributed by atoms with Crippen LogP contribution in [0.25, 0.3) is 0 Å². The minimum atomic E-state index is -3.37. The highest BCUT2D eigenvalue weighted by Gasteiger charge is 2.26. The molecule has 1 aliphatic carbocycles. The van der Waals surface area contributed by atoms with Crippen molar-refractivity contribution < 1.29 is 13.5 Å². The standard InChI is InChI=1S/C12H19NO3S2/c1-13(8-10-4-2-3-5-10)18(15,16)12-7-6-11(9-14)17-12/h6-7,10,14H,2-5,8-9H2,1H3. The third kappa shape index (κ3) is 2.93. The maximum absolute atomic E-state index is 12.3. The van der Waals surface area contributed by atoms with E-state index in [1.807, 2.05) is 0 Å². The number of aliphatic hydroxyl groups is 1. The Morgan fingerprint density at radius 2 is 2.06 bits per heavy atom. The second-order valence-corrected chi connectivity index (χ2v) is 8.25. The van der Waals surface area contributed by atoms with Gasteiger partial charge in [-0.3, -0.25) is 0 Å². The molecule has 0 aromatic carbocycles. The maximum Gasteiger partial charge on any atom is 0.252 e. The van der Waals surface area contributed by atoms with Crippen LogP contribution in [0.1, 0.15) is 30.6 Å². The molecule has 18 heavy (non-hydrogen) atoms. The Kier molecular flexibility index (Phi) is 4.42. The van der Waals surface area contributed by atoms with Gasteiger partial charge in [-0.05, 0) is 30.9 Å². The Balaban J connectivity index is 2.09. The van der Waals surface area contributed by atoms with Crippen LogP contribution >= 0.6 is 11.3 Å². The van der Waals surface area contributed by atoms with Crippen molar-refractivity contribution in [2.24, 2.45) is 5.92 Å². The summed E-state index contributed by atoms with van der Waals surface area (Å²) < 4.78 is 26.4. The zero-order chi connectivity index (χ0) is 13.2. The molecule has 1 saturated carbocycles. The van der Waals surface area contributed by atoms with Crippen LogP contribution in [-0.4, -0.2) is 31.4 Å². The topological polar surface area (TPSA) is 57.6 Å². The molecule has 6 heteroatoms. The fourth-order valence-corrected chi connectivity index (χ4v) is 5.06. The summed E-state index contributed by atoms with van der Waals surface area (Å²) in [7, 11) is -1.73. The van der Waals surface area contributed by atoms with Gasteiger partial charge < -0.3 is 5.11 Å². The van der Waals surface area contributed by atoms with E-state index in [-0.39, 0.29) is 6.61 Å². The lowest BCUT2D eigenvalue weighted by Crippen LogP contribution is -2.30. The van der Waals surface area contributed by atoms with Crippen LogP contribution in [0.3, 0.4) is 0 Å². The first kappa shape index (κ1) is 14.0. The number of hydrogen-bond donors (Lipinski definition) is 1. The van der Waals surface area contributed by atoms with Crippen molar-refractivity contribution in [1.29, 1.82) is 0 Å². The van der Waals surface area contributed by atoms with Crippen LogP contribution in [0.5, 0.6) is 0 Å². The predicted octanol–water partition coefficient (Wildman–Crippen LogP) is 2.05. The molecule has 1 fully saturated rings. The van der Waals surface area contributed by atoms with Crippen molar-refractivity contribution in [2.75, 3.05) is 13.6 Å². The Hall–Kier alpha value is -0.430. The van der Waals surface area contributed by atoms with E-state index in [1.165, 1.54) is 17.1 Å². The summed E-state index contributed by atoms with van der Waals surface area (Å²) in [6.45, 7) is 0.501. The SMILES string of the molecule is CN(CC1CCCC1)S(=O)(=O)c1ccc(CO)s1. The molecule has 0 radical (unpaired) electrons. The molecular formula is C12H19NO3S2. The van der Waals surface area contributed by atoms with Gasteiger partial charge >= 0.3 is 0 Å². The first-order valence-electron chi connectivity index (χ1n) is 6.20. The van der Waals surface area contributed by atoms with E-state index in [4.69, 9.17) is 5.11 Å². The molecule has 0 saturated heterocycles. The Morgan fingerprint density at radius 3 is 2.61 bits per heavy atom. The largest absolute Gasteiger partial charge is 0.391 e. The fourth-order valence-electron chi connectivity index (χ4n) is 2.39. The molecule has 0 bridgehead atoms. The maximum atomic E-state index is 12.3. The van der Waals surface area contributed by atoms with Gasteiger partial charge in [0.25, 0.3) is 10.0 Å². The number of sulfonamides is 1. The van der Waals surface area contributed by atoms with E-state index in [0.29, 0.717) is 21.5 Å². The molecule has 4 nitrogen and oxygen atoms in total. The predicted molar refractivity (Wildman–Crippen MR) is 72.0 cm³/mol. The van der Waals surface area contributed by atoms with Gasteiger partial charge in [0.1, 0.15) is 4.21 Å². The van der Waals surface area contributed by atoms with Crippen LogP contribution in [0, 0.1) is 5.92 Å². The van der Waals surface area contributed by atoms with E-state index in [1.54, 1.807) is 19.2 Å². The van der Waals surface area contributed by atoms with Crippen LogP contribution in [0.15, 0.2) is 16.3 Å².